The van der Waals surface area contributed by atoms with Crippen molar-refractivity contribution in [3.05, 3.63) is 78.9 Å². The first kappa shape index (κ1) is 38.2. The van der Waals surface area contributed by atoms with Crippen molar-refractivity contribution in [2.24, 2.45) is 0 Å². The van der Waals surface area contributed by atoms with Gasteiger partial charge in [0.15, 0.2) is 30.6 Å². The minimum absolute atomic E-state index is 0.326. The largest absolute Gasteiger partial charge is 0.743 e. The molecule has 47 heavy (non-hydrogen) atoms. The third-order valence-corrected chi connectivity index (χ3v) is 9.36. The number of alkyl halides is 10. The van der Waals surface area contributed by atoms with Crippen LogP contribution < -0.4 is 9.47 Å². The number of benzene rings is 3. The molecule has 0 radical (unpaired) electrons. The van der Waals surface area contributed by atoms with Gasteiger partial charge in [0, 0.05) is 7.11 Å². The van der Waals surface area contributed by atoms with E-state index < -0.39 is 74.2 Å². The Labute approximate surface area is 264 Å². The van der Waals surface area contributed by atoms with Crippen LogP contribution in [-0.2, 0) is 30.5 Å². The summed E-state index contributed by atoms with van der Waals surface area (Å²) in [6, 6.07) is 16.9. The van der Waals surface area contributed by atoms with E-state index in [1.165, 1.54) is 12.1 Å². The summed E-state index contributed by atoms with van der Waals surface area (Å²) in [5.74, 6) is -3.67. The Hall–Kier alpha value is -3.26. The molecule has 3 aromatic rings. The quantitative estimate of drug-likeness (QED) is 0.0778. The number of rotatable bonds is 13. The number of hydrogen-bond donors (Lipinski definition) is 0. The summed E-state index contributed by atoms with van der Waals surface area (Å²) >= 11 is 0. The van der Waals surface area contributed by atoms with E-state index >= 15 is 0 Å². The molecule has 0 aliphatic carbocycles. The number of ether oxygens (including phenoxy) is 4. The second kappa shape index (κ2) is 13.3. The van der Waals surface area contributed by atoms with Crippen molar-refractivity contribution in [1.82, 2.24) is 0 Å². The van der Waals surface area contributed by atoms with E-state index in [-0.39, 0.29) is 0 Å². The van der Waals surface area contributed by atoms with Crippen LogP contribution in [0.25, 0.3) is 0 Å². The molecule has 260 valence electrons. The third-order valence-electron chi connectivity index (χ3n) is 6.27. The van der Waals surface area contributed by atoms with E-state index in [0.29, 0.717) is 14.7 Å². The maximum absolute atomic E-state index is 13.9. The first-order valence-electron chi connectivity index (χ1n) is 12.8. The highest BCUT2D eigenvalue weighted by Crippen LogP contribution is 2.48. The summed E-state index contributed by atoms with van der Waals surface area (Å²) in [6.45, 7) is -0.320. The van der Waals surface area contributed by atoms with E-state index in [1.54, 1.807) is 30.3 Å². The predicted octanol–water partition coefficient (Wildman–Crippen LogP) is 7.53. The van der Waals surface area contributed by atoms with E-state index in [0.717, 1.165) is 57.4 Å². The molecule has 3 aromatic carbocycles. The Morgan fingerprint density at radius 3 is 1.51 bits per heavy atom. The maximum atomic E-state index is 13.9. The van der Waals surface area contributed by atoms with Crippen LogP contribution in [0.15, 0.2) is 93.5 Å². The van der Waals surface area contributed by atoms with Crippen LogP contribution in [0.5, 0.6) is 11.5 Å². The molecule has 0 heterocycles. The molecule has 3 rings (SSSR count). The first-order valence-corrected chi connectivity index (χ1v) is 15.4. The second-order valence-corrected chi connectivity index (χ2v) is 13.4. The lowest BCUT2D eigenvalue weighted by Crippen LogP contribution is -2.65. The average Bonchev–Trinajstić information content (AvgIpc) is 2.95. The molecule has 0 fully saturated rings. The van der Waals surface area contributed by atoms with Gasteiger partial charge >= 0.3 is 23.7 Å². The van der Waals surface area contributed by atoms with Gasteiger partial charge in [-0.1, -0.05) is 18.2 Å². The molecular formula is C28H24F10O7S2. The summed E-state index contributed by atoms with van der Waals surface area (Å²) in [5.41, 5.74) is -4.78. The van der Waals surface area contributed by atoms with Gasteiger partial charge in [-0.3, -0.25) is 0 Å². The van der Waals surface area contributed by atoms with Crippen molar-refractivity contribution < 1.29 is 75.8 Å². The average molecular weight is 727 g/mol. The second-order valence-electron chi connectivity index (χ2n) is 9.97. The minimum Gasteiger partial charge on any atom is -0.743 e. The van der Waals surface area contributed by atoms with Crippen molar-refractivity contribution in [3.63, 3.8) is 0 Å². The molecule has 0 aromatic heterocycles. The highest BCUT2D eigenvalue weighted by atomic mass is 32.2. The molecule has 0 bridgehead atoms. The molecular weight excluding hydrogens is 702 g/mol. The minimum atomic E-state index is -6.81. The van der Waals surface area contributed by atoms with Gasteiger partial charge in [0.25, 0.3) is 5.60 Å². The van der Waals surface area contributed by atoms with Crippen LogP contribution >= 0.6 is 0 Å². The number of halogens is 10. The van der Waals surface area contributed by atoms with Crippen molar-refractivity contribution in [2.45, 2.75) is 63.6 Å². The van der Waals surface area contributed by atoms with E-state index in [2.05, 4.69) is 14.2 Å². The van der Waals surface area contributed by atoms with Crippen molar-refractivity contribution in [1.29, 1.82) is 0 Å². The molecule has 0 aliphatic rings. The van der Waals surface area contributed by atoms with Gasteiger partial charge in [0.05, 0.1) is 10.9 Å². The zero-order valence-corrected chi connectivity index (χ0v) is 25.8. The maximum Gasteiger partial charge on any atom is 0.479 e. The van der Waals surface area contributed by atoms with Gasteiger partial charge < -0.3 is 23.5 Å². The van der Waals surface area contributed by atoms with Crippen molar-refractivity contribution in [3.8, 4) is 11.5 Å². The molecule has 0 spiro atoms. The van der Waals surface area contributed by atoms with Gasteiger partial charge in [0.2, 0.25) is 0 Å². The Bertz CT molecular complexity index is 1580. The van der Waals surface area contributed by atoms with E-state index in [9.17, 15) is 56.9 Å². The highest BCUT2D eigenvalue weighted by Gasteiger charge is 2.74. The molecule has 0 aliphatic heterocycles. The lowest BCUT2D eigenvalue weighted by atomic mass is 10.0. The summed E-state index contributed by atoms with van der Waals surface area (Å²) < 4.78 is 188. The third kappa shape index (κ3) is 8.25. The summed E-state index contributed by atoms with van der Waals surface area (Å²) in [6.07, 6.45) is -17.7. The lowest BCUT2D eigenvalue weighted by molar-refractivity contribution is -0.429. The zero-order valence-electron chi connectivity index (χ0n) is 24.2. The van der Waals surface area contributed by atoms with Gasteiger partial charge in [-0.15, -0.1) is 0 Å². The van der Waals surface area contributed by atoms with Crippen molar-refractivity contribution >= 4 is 21.0 Å². The predicted molar refractivity (Wildman–Crippen MR) is 144 cm³/mol. The van der Waals surface area contributed by atoms with Gasteiger partial charge in [-0.2, -0.15) is 43.9 Å². The Morgan fingerprint density at radius 2 is 1.11 bits per heavy atom. The fourth-order valence-corrected chi connectivity index (χ4v) is 6.14. The van der Waals surface area contributed by atoms with Gasteiger partial charge in [-0.25, -0.2) is 8.42 Å². The SMILES string of the molecule is COC(C)(C)OC(COc1ccc([S+](c2ccccc2)c2ccc(OC(F)(F)C(F)(F)S(=O)(=O)[O-])cc2)cc1)(C(F)(F)F)C(F)(F)F. The first-order chi connectivity index (χ1) is 21.4. The van der Waals surface area contributed by atoms with Crippen LogP contribution in [0.1, 0.15) is 13.8 Å². The highest BCUT2D eigenvalue weighted by molar-refractivity contribution is 7.97. The topological polar surface area (TPSA) is 94.1 Å². The normalized spacial score (nSPS) is 14.5. The Morgan fingerprint density at radius 1 is 0.681 bits per heavy atom. The van der Waals surface area contributed by atoms with E-state index in [4.69, 9.17) is 4.74 Å². The van der Waals surface area contributed by atoms with Crippen LogP contribution in [0, 0.1) is 0 Å². The molecule has 0 amide bonds. The van der Waals surface area contributed by atoms with Crippen LogP contribution in [0.2, 0.25) is 0 Å². The van der Waals surface area contributed by atoms with Gasteiger partial charge in [0.1, 0.15) is 18.1 Å². The fraction of sp³-hybridized carbons (Fsp3) is 0.357. The lowest BCUT2D eigenvalue weighted by Gasteiger charge is -2.41. The smallest absolute Gasteiger partial charge is 0.479 e. The van der Waals surface area contributed by atoms with Crippen LogP contribution in [0.3, 0.4) is 0 Å². The zero-order chi connectivity index (χ0) is 35.7. The molecule has 19 heteroatoms. The molecule has 1 atom stereocenters. The molecule has 1 unspecified atom stereocenters. The Balaban J connectivity index is 1.94. The van der Waals surface area contributed by atoms with Gasteiger partial charge in [-0.05, 0) is 74.5 Å². The summed E-state index contributed by atoms with van der Waals surface area (Å²) in [4.78, 5) is 1.29. The molecule has 0 saturated carbocycles. The van der Waals surface area contributed by atoms with Crippen LogP contribution in [-0.4, -0.2) is 61.8 Å². The number of hydrogen-bond acceptors (Lipinski definition) is 7. The van der Waals surface area contributed by atoms with Crippen molar-refractivity contribution in [2.75, 3.05) is 13.7 Å². The van der Waals surface area contributed by atoms with Crippen LogP contribution in [0.4, 0.5) is 43.9 Å². The fourth-order valence-electron chi connectivity index (χ4n) is 3.75. The molecule has 0 saturated heterocycles. The summed E-state index contributed by atoms with van der Waals surface area (Å²) in [7, 11) is -7.09. The molecule has 7 nitrogen and oxygen atoms in total. The monoisotopic (exact) mass is 726 g/mol. The number of methoxy groups -OCH3 is 1. The molecule has 0 N–H and O–H groups in total. The van der Waals surface area contributed by atoms with E-state index in [1.807, 2.05) is 0 Å². The Kier molecular flexibility index (Phi) is 10.8. The standard InChI is InChI=1S/C28H24F10O7S2/c1-23(2,42-3)45-24(25(29,30)31,26(32,33)34)17-43-18-9-13-21(14-10-18)46(20-7-5-4-6-8-20)22-15-11-19(12-16-22)44-27(35,36)28(37,38)47(39,40)41/h4-16H,17H2,1-3H3. The summed E-state index contributed by atoms with van der Waals surface area (Å²) in [5, 5.41) is -6.09.